The quantitative estimate of drug-likeness (QED) is 0.603. The maximum Gasteiger partial charge on any atom is 0.421 e. The second kappa shape index (κ2) is 6.97. The van der Waals surface area contributed by atoms with Gasteiger partial charge in [0.25, 0.3) is 0 Å². The van der Waals surface area contributed by atoms with Crippen molar-refractivity contribution >= 4 is 16.3 Å². The minimum Gasteiger partial charge on any atom is -0.449 e. The van der Waals surface area contributed by atoms with Gasteiger partial charge in [-0.05, 0) is 13.3 Å². The van der Waals surface area contributed by atoms with Gasteiger partial charge in [-0.1, -0.05) is 0 Å². The zero-order chi connectivity index (χ0) is 13.4. The largest absolute Gasteiger partial charge is 0.449 e. The fourth-order valence-electron chi connectivity index (χ4n) is 1.20. The van der Waals surface area contributed by atoms with Gasteiger partial charge in [0.05, 0.1) is 6.61 Å². The number of carbonyl (C=O) groups excluding carboxylic acids is 1. The van der Waals surface area contributed by atoms with Crippen LogP contribution in [0.4, 0.5) is 4.79 Å². The molecule has 0 radical (unpaired) electrons. The van der Waals surface area contributed by atoms with Crippen LogP contribution in [0.15, 0.2) is 12.4 Å². The molecule has 0 aromatic carbocycles. The number of carbonyl (C=O) groups is 1. The van der Waals surface area contributed by atoms with E-state index >= 15 is 0 Å². The number of hydrogen-bond donors (Lipinski definition) is 3. The first-order valence-electron chi connectivity index (χ1n) is 5.46. The molecule has 3 N–H and O–H groups in total. The van der Waals surface area contributed by atoms with Crippen LogP contribution >= 0.6 is 0 Å². The molecule has 8 nitrogen and oxygen atoms in total. The number of aromatic nitrogens is 2. The van der Waals surface area contributed by atoms with Crippen molar-refractivity contribution in [2.75, 3.05) is 13.2 Å². The molecule has 1 aromatic heterocycles. The Hall–Kier alpha value is -1.61. The third-order valence-electron chi connectivity index (χ3n) is 1.93. The summed E-state index contributed by atoms with van der Waals surface area (Å²) in [6.07, 6.45) is 3.52. The van der Waals surface area contributed by atoms with E-state index in [1.54, 1.807) is 24.0 Å². The van der Waals surface area contributed by atoms with E-state index in [0.717, 1.165) is 5.82 Å². The Kier molecular flexibility index (Phi) is 5.59. The van der Waals surface area contributed by atoms with Crippen molar-refractivity contribution in [2.24, 2.45) is 0 Å². The number of nitrogens with one attached hydrogen (secondary N) is 3. The Morgan fingerprint density at radius 3 is 2.94 bits per heavy atom. The van der Waals surface area contributed by atoms with Gasteiger partial charge >= 0.3 is 16.3 Å². The lowest BCUT2D eigenvalue weighted by molar-refractivity contribution is 0.158. The average molecular weight is 276 g/mol. The molecule has 1 amide bonds. The summed E-state index contributed by atoms with van der Waals surface area (Å²) in [5, 5.41) is 0. The van der Waals surface area contributed by atoms with Crippen molar-refractivity contribution < 1.29 is 17.9 Å². The van der Waals surface area contributed by atoms with Crippen LogP contribution in [-0.2, 0) is 21.4 Å². The van der Waals surface area contributed by atoms with Crippen molar-refractivity contribution in [3.63, 3.8) is 0 Å². The molecule has 0 aliphatic heterocycles. The first-order valence-corrected chi connectivity index (χ1v) is 6.94. The number of imidazole rings is 1. The van der Waals surface area contributed by atoms with Crippen LogP contribution in [0.2, 0.25) is 0 Å². The van der Waals surface area contributed by atoms with Gasteiger partial charge in [-0.25, -0.2) is 14.5 Å². The zero-order valence-electron chi connectivity index (χ0n) is 9.97. The van der Waals surface area contributed by atoms with E-state index in [-0.39, 0.29) is 13.2 Å². The van der Waals surface area contributed by atoms with Gasteiger partial charge in [-0.2, -0.15) is 13.1 Å². The second-order valence-corrected chi connectivity index (χ2v) is 4.86. The van der Waals surface area contributed by atoms with Crippen LogP contribution in [0.25, 0.3) is 0 Å². The normalized spacial score (nSPS) is 11.2. The number of H-pyrrole nitrogens is 1. The predicted molar refractivity (Wildman–Crippen MR) is 64.0 cm³/mol. The van der Waals surface area contributed by atoms with Crippen LogP contribution in [0.1, 0.15) is 19.2 Å². The summed E-state index contributed by atoms with van der Waals surface area (Å²) in [5.74, 6) is 0.785. The molecule has 0 saturated carbocycles. The Morgan fingerprint density at radius 2 is 2.33 bits per heavy atom. The average Bonchev–Trinajstić information content (AvgIpc) is 2.76. The first kappa shape index (κ1) is 14.5. The number of nitrogens with zero attached hydrogens (tertiary/aromatic N) is 1. The van der Waals surface area contributed by atoms with Gasteiger partial charge in [-0.15, -0.1) is 0 Å². The van der Waals surface area contributed by atoms with E-state index in [4.69, 9.17) is 0 Å². The summed E-state index contributed by atoms with van der Waals surface area (Å²) in [6, 6.07) is 0. The Labute approximate surface area is 105 Å². The highest BCUT2D eigenvalue weighted by atomic mass is 32.2. The molecule has 0 unspecified atom stereocenters. The Bertz CT molecular complexity index is 457. The van der Waals surface area contributed by atoms with E-state index in [2.05, 4.69) is 19.4 Å². The van der Waals surface area contributed by atoms with Crippen LogP contribution in [0.3, 0.4) is 0 Å². The lowest BCUT2D eigenvalue weighted by atomic mass is 10.3. The number of aromatic amines is 1. The first-order chi connectivity index (χ1) is 8.53. The van der Waals surface area contributed by atoms with Crippen LogP contribution in [0, 0.1) is 0 Å². The smallest absolute Gasteiger partial charge is 0.421 e. The van der Waals surface area contributed by atoms with Gasteiger partial charge in [0.15, 0.2) is 0 Å². The van der Waals surface area contributed by atoms with E-state index in [9.17, 15) is 13.2 Å². The molecule has 0 atom stereocenters. The summed E-state index contributed by atoms with van der Waals surface area (Å²) in [7, 11) is -3.85. The summed E-state index contributed by atoms with van der Waals surface area (Å²) in [6.45, 7) is 1.90. The van der Waals surface area contributed by atoms with Gasteiger partial charge < -0.3 is 9.72 Å². The van der Waals surface area contributed by atoms with E-state index in [1.807, 2.05) is 0 Å². The number of hydrogen-bond acceptors (Lipinski definition) is 5. The van der Waals surface area contributed by atoms with E-state index in [0.29, 0.717) is 12.8 Å². The van der Waals surface area contributed by atoms with Crippen molar-refractivity contribution in [3.8, 4) is 0 Å². The van der Waals surface area contributed by atoms with Crippen molar-refractivity contribution in [3.05, 3.63) is 18.2 Å². The lowest BCUT2D eigenvalue weighted by Crippen LogP contribution is -2.41. The standard InChI is InChI=1S/C9H16N4O4S/c1-2-17-9(14)13-18(15,16)12-5-3-4-8-10-6-7-11-8/h6-7,12H,2-5H2,1H3,(H,10,11)(H,13,14). The highest BCUT2D eigenvalue weighted by molar-refractivity contribution is 7.88. The number of rotatable bonds is 7. The van der Waals surface area contributed by atoms with Gasteiger partial charge in [-0.3, -0.25) is 0 Å². The molecular formula is C9H16N4O4S. The monoisotopic (exact) mass is 276 g/mol. The molecule has 0 bridgehead atoms. The Balaban J connectivity index is 2.23. The molecule has 18 heavy (non-hydrogen) atoms. The van der Waals surface area contributed by atoms with Crippen molar-refractivity contribution in [2.45, 2.75) is 19.8 Å². The summed E-state index contributed by atoms with van der Waals surface area (Å²) in [4.78, 5) is 17.8. The third-order valence-corrected chi connectivity index (χ3v) is 2.95. The molecule has 0 fully saturated rings. The van der Waals surface area contributed by atoms with E-state index in [1.165, 1.54) is 0 Å². The highest BCUT2D eigenvalue weighted by Gasteiger charge is 2.13. The van der Waals surface area contributed by atoms with Crippen molar-refractivity contribution in [1.82, 2.24) is 19.4 Å². The van der Waals surface area contributed by atoms with Crippen LogP contribution < -0.4 is 9.44 Å². The van der Waals surface area contributed by atoms with E-state index < -0.39 is 16.3 Å². The van der Waals surface area contributed by atoms with Gasteiger partial charge in [0, 0.05) is 25.4 Å². The van der Waals surface area contributed by atoms with Crippen LogP contribution in [-0.4, -0.2) is 37.6 Å². The summed E-state index contributed by atoms with van der Waals surface area (Å²) < 4.78 is 31.1. The molecule has 0 aliphatic carbocycles. The Morgan fingerprint density at radius 1 is 1.56 bits per heavy atom. The fourth-order valence-corrected chi connectivity index (χ4v) is 1.97. The molecule has 1 aromatic rings. The van der Waals surface area contributed by atoms with Gasteiger partial charge in [0.1, 0.15) is 5.82 Å². The minimum absolute atomic E-state index is 0.111. The number of amides is 1. The zero-order valence-corrected chi connectivity index (χ0v) is 10.8. The molecule has 1 heterocycles. The molecule has 0 saturated heterocycles. The SMILES string of the molecule is CCOC(=O)NS(=O)(=O)NCCCc1ncc[nH]1. The molecule has 1 rings (SSSR count). The van der Waals surface area contributed by atoms with Crippen LogP contribution in [0.5, 0.6) is 0 Å². The predicted octanol–water partition coefficient (Wildman–Crippen LogP) is -0.0772. The maximum absolute atomic E-state index is 11.3. The second-order valence-electron chi connectivity index (χ2n) is 3.36. The highest BCUT2D eigenvalue weighted by Crippen LogP contribution is 1.94. The molecule has 9 heteroatoms. The molecule has 0 spiro atoms. The topological polar surface area (TPSA) is 113 Å². The van der Waals surface area contributed by atoms with Crippen molar-refractivity contribution in [1.29, 1.82) is 0 Å². The van der Waals surface area contributed by atoms with Gasteiger partial charge in [0.2, 0.25) is 0 Å². The minimum atomic E-state index is -3.85. The third kappa shape index (κ3) is 5.64. The molecule has 102 valence electrons. The maximum atomic E-state index is 11.3. The molecule has 0 aliphatic rings. The summed E-state index contributed by atoms with van der Waals surface area (Å²) in [5.41, 5.74) is 0. The number of ether oxygens (including phenoxy) is 1. The lowest BCUT2D eigenvalue weighted by Gasteiger charge is -2.07. The fraction of sp³-hybridized carbons (Fsp3) is 0.556. The summed E-state index contributed by atoms with van der Waals surface area (Å²) >= 11 is 0. The molecular weight excluding hydrogens is 260 g/mol. The number of aryl methyl sites for hydroxylation is 1.